The Bertz CT molecular complexity index is 1050. The van der Waals surface area contributed by atoms with Crippen LogP contribution in [0, 0.1) is 0 Å². The van der Waals surface area contributed by atoms with E-state index >= 15 is 0 Å². The first-order valence-electron chi connectivity index (χ1n) is 8.64. The summed E-state index contributed by atoms with van der Waals surface area (Å²) in [6, 6.07) is 15.5. The molecule has 0 aliphatic carbocycles. The van der Waals surface area contributed by atoms with Crippen molar-refractivity contribution in [1.82, 2.24) is 13.9 Å². The second kappa shape index (κ2) is 8.59. The second-order valence-corrected chi connectivity index (χ2v) is 8.93. The van der Waals surface area contributed by atoms with Crippen molar-refractivity contribution in [1.29, 1.82) is 0 Å². The predicted octanol–water partition coefficient (Wildman–Crippen LogP) is 3.17. The number of anilines is 1. The highest BCUT2D eigenvalue weighted by molar-refractivity contribution is 7.89. The Kier molecular flexibility index (Phi) is 6.18. The van der Waals surface area contributed by atoms with Crippen LogP contribution in [0.1, 0.15) is 27.9 Å². The summed E-state index contributed by atoms with van der Waals surface area (Å²) in [6.07, 6.45) is 0.615. The number of hydrogen-bond acceptors (Lipinski definition) is 6. The van der Waals surface area contributed by atoms with Crippen molar-refractivity contribution in [3.63, 3.8) is 0 Å². The van der Waals surface area contributed by atoms with E-state index in [4.69, 9.17) is 0 Å². The highest BCUT2D eigenvalue weighted by Gasteiger charge is 2.21. The number of rotatable bonds is 7. The molecule has 1 amide bonds. The summed E-state index contributed by atoms with van der Waals surface area (Å²) in [5, 5.41) is 6.67. The van der Waals surface area contributed by atoms with Crippen LogP contribution in [0.5, 0.6) is 0 Å². The van der Waals surface area contributed by atoms with Crippen LogP contribution < -0.4 is 5.32 Å². The van der Waals surface area contributed by atoms with Crippen LogP contribution in [0.3, 0.4) is 0 Å². The Hall–Kier alpha value is -2.62. The maximum atomic E-state index is 12.8. The number of benzene rings is 2. The number of sulfonamides is 1. The molecule has 0 aliphatic heterocycles. The third-order valence-corrected chi connectivity index (χ3v) is 6.75. The van der Waals surface area contributed by atoms with E-state index in [2.05, 4.69) is 14.9 Å². The van der Waals surface area contributed by atoms with Crippen molar-refractivity contribution in [2.24, 2.45) is 0 Å². The van der Waals surface area contributed by atoms with E-state index in [9.17, 15) is 13.2 Å². The molecule has 3 aromatic rings. The topological polar surface area (TPSA) is 92.3 Å². The quantitative estimate of drug-likeness (QED) is 0.639. The van der Waals surface area contributed by atoms with Crippen LogP contribution in [0.2, 0.25) is 0 Å². The van der Waals surface area contributed by atoms with Crippen LogP contribution in [0.15, 0.2) is 59.5 Å². The summed E-state index contributed by atoms with van der Waals surface area (Å²) in [7, 11) is -2.09. The van der Waals surface area contributed by atoms with E-state index in [1.54, 1.807) is 19.2 Å². The van der Waals surface area contributed by atoms with Crippen LogP contribution in [0.4, 0.5) is 5.69 Å². The molecular weight excluding hydrogens is 396 g/mol. The van der Waals surface area contributed by atoms with E-state index in [-0.39, 0.29) is 17.3 Å². The molecule has 1 aromatic heterocycles. The largest absolute Gasteiger partial charge is 0.321 e. The van der Waals surface area contributed by atoms with Gasteiger partial charge in [0.05, 0.1) is 10.6 Å². The van der Waals surface area contributed by atoms with E-state index in [1.165, 1.54) is 16.4 Å². The van der Waals surface area contributed by atoms with Gasteiger partial charge >= 0.3 is 0 Å². The highest BCUT2D eigenvalue weighted by atomic mass is 32.2. The molecule has 0 fully saturated rings. The zero-order chi connectivity index (χ0) is 20.1. The SMILES string of the molecule is CCc1nnsc1C(=O)Nc1ccc(S(=O)(=O)N(C)Cc2ccccc2)cc1. The summed E-state index contributed by atoms with van der Waals surface area (Å²) in [5.41, 5.74) is 2.05. The van der Waals surface area contributed by atoms with Gasteiger partial charge in [0.15, 0.2) is 0 Å². The average Bonchev–Trinajstić information content (AvgIpc) is 3.18. The highest BCUT2D eigenvalue weighted by Crippen LogP contribution is 2.20. The number of aryl methyl sites for hydroxylation is 1. The number of amides is 1. The third kappa shape index (κ3) is 4.44. The van der Waals surface area contributed by atoms with Crippen molar-refractivity contribution in [2.75, 3.05) is 12.4 Å². The molecule has 0 aliphatic rings. The summed E-state index contributed by atoms with van der Waals surface area (Å²) in [4.78, 5) is 13.0. The first-order valence-corrected chi connectivity index (χ1v) is 10.9. The number of aromatic nitrogens is 2. The van der Waals surface area contributed by atoms with E-state index in [0.717, 1.165) is 17.1 Å². The molecule has 146 valence electrons. The molecule has 1 N–H and O–H groups in total. The standard InChI is InChI=1S/C19H20N4O3S2/c1-3-17-18(27-22-21-17)19(24)20-15-9-11-16(12-10-15)28(25,26)23(2)13-14-7-5-4-6-8-14/h4-12H,3,13H2,1-2H3,(H,20,24). The van der Waals surface area contributed by atoms with Gasteiger partial charge in [-0.25, -0.2) is 8.42 Å². The minimum Gasteiger partial charge on any atom is -0.321 e. The fourth-order valence-electron chi connectivity index (χ4n) is 2.62. The minimum atomic E-state index is -3.63. The normalized spacial score (nSPS) is 11.5. The number of nitrogens with zero attached hydrogens (tertiary/aromatic N) is 3. The zero-order valence-electron chi connectivity index (χ0n) is 15.5. The maximum Gasteiger partial charge on any atom is 0.269 e. The summed E-state index contributed by atoms with van der Waals surface area (Å²) >= 11 is 1.04. The van der Waals surface area contributed by atoms with Gasteiger partial charge < -0.3 is 5.32 Å². The molecule has 9 heteroatoms. The molecule has 1 heterocycles. The number of carbonyl (C=O) groups is 1. The summed E-state index contributed by atoms with van der Waals surface area (Å²) < 4.78 is 30.6. The summed E-state index contributed by atoms with van der Waals surface area (Å²) in [6.45, 7) is 2.18. The molecule has 3 rings (SSSR count). The first kappa shape index (κ1) is 20.1. The minimum absolute atomic E-state index is 0.164. The fraction of sp³-hybridized carbons (Fsp3) is 0.211. The summed E-state index contributed by atoms with van der Waals surface area (Å²) in [5.74, 6) is -0.302. The number of nitrogens with one attached hydrogen (secondary N) is 1. The average molecular weight is 417 g/mol. The molecule has 28 heavy (non-hydrogen) atoms. The molecule has 2 aromatic carbocycles. The van der Waals surface area contributed by atoms with Crippen molar-refractivity contribution in [3.8, 4) is 0 Å². The molecule has 0 bridgehead atoms. The second-order valence-electron chi connectivity index (χ2n) is 6.13. The van der Waals surface area contributed by atoms with Gasteiger partial charge in [0, 0.05) is 19.3 Å². The van der Waals surface area contributed by atoms with E-state index in [1.807, 2.05) is 37.3 Å². The predicted molar refractivity (Wildman–Crippen MR) is 109 cm³/mol. The van der Waals surface area contributed by atoms with E-state index < -0.39 is 10.0 Å². The number of hydrogen-bond donors (Lipinski definition) is 1. The fourth-order valence-corrected chi connectivity index (χ4v) is 4.42. The van der Waals surface area contributed by atoms with Gasteiger partial charge in [-0.1, -0.05) is 41.7 Å². The Balaban J connectivity index is 1.71. The first-order chi connectivity index (χ1) is 13.4. The molecule has 0 radical (unpaired) electrons. The van der Waals surface area contributed by atoms with Gasteiger partial charge in [-0.05, 0) is 47.8 Å². The van der Waals surface area contributed by atoms with Crippen molar-refractivity contribution < 1.29 is 13.2 Å². The van der Waals surface area contributed by atoms with Crippen molar-refractivity contribution in [3.05, 3.63) is 70.7 Å². The molecular formula is C19H20N4O3S2. The van der Waals surface area contributed by atoms with Gasteiger partial charge in [0.2, 0.25) is 10.0 Å². The lowest BCUT2D eigenvalue weighted by molar-refractivity contribution is 0.102. The monoisotopic (exact) mass is 416 g/mol. The molecule has 0 saturated heterocycles. The lowest BCUT2D eigenvalue weighted by Gasteiger charge is -2.17. The van der Waals surface area contributed by atoms with Crippen molar-refractivity contribution in [2.45, 2.75) is 24.8 Å². The van der Waals surface area contributed by atoms with Gasteiger partial charge in [-0.3, -0.25) is 4.79 Å². The zero-order valence-corrected chi connectivity index (χ0v) is 17.1. The van der Waals surface area contributed by atoms with Crippen LogP contribution >= 0.6 is 11.5 Å². The maximum absolute atomic E-state index is 12.8. The lowest BCUT2D eigenvalue weighted by atomic mass is 10.2. The van der Waals surface area contributed by atoms with Gasteiger partial charge in [0.25, 0.3) is 5.91 Å². The Morgan fingerprint density at radius 3 is 2.43 bits per heavy atom. The van der Waals surface area contributed by atoms with Crippen LogP contribution in [-0.2, 0) is 23.0 Å². The van der Waals surface area contributed by atoms with Gasteiger partial charge in [-0.2, -0.15) is 4.31 Å². The number of carbonyl (C=O) groups excluding carboxylic acids is 1. The Morgan fingerprint density at radius 2 is 1.79 bits per heavy atom. The molecule has 0 unspecified atom stereocenters. The third-order valence-electron chi connectivity index (χ3n) is 4.17. The smallest absolute Gasteiger partial charge is 0.269 e. The van der Waals surface area contributed by atoms with Gasteiger partial charge in [0.1, 0.15) is 4.88 Å². The van der Waals surface area contributed by atoms with E-state index in [0.29, 0.717) is 22.7 Å². The Morgan fingerprint density at radius 1 is 1.11 bits per heavy atom. The molecule has 0 saturated carbocycles. The molecule has 7 nitrogen and oxygen atoms in total. The van der Waals surface area contributed by atoms with Crippen molar-refractivity contribution >= 4 is 33.2 Å². The van der Waals surface area contributed by atoms with Crippen LogP contribution in [-0.4, -0.2) is 35.3 Å². The lowest BCUT2D eigenvalue weighted by Crippen LogP contribution is -2.26. The molecule has 0 atom stereocenters. The van der Waals surface area contributed by atoms with Crippen LogP contribution in [0.25, 0.3) is 0 Å². The molecule has 0 spiro atoms. The van der Waals surface area contributed by atoms with Gasteiger partial charge in [-0.15, -0.1) is 5.10 Å². The Labute approximate surface area is 168 Å².